The first kappa shape index (κ1) is 9.62. The molecule has 2 fully saturated rings. The fourth-order valence-corrected chi connectivity index (χ4v) is 2.96. The molecule has 0 saturated heterocycles. The van der Waals surface area contributed by atoms with Crippen molar-refractivity contribution in [3.05, 3.63) is 20.3 Å². The molecule has 0 spiro atoms. The number of H-pyrrole nitrogens is 1. The summed E-state index contributed by atoms with van der Waals surface area (Å²) in [6.45, 7) is 0. The summed E-state index contributed by atoms with van der Waals surface area (Å²) < 4.78 is 0.663. The molecule has 3 rings (SSSR count). The molecule has 1 aromatic rings. The largest absolute Gasteiger partial charge is 0.366 e. The third-order valence-electron chi connectivity index (χ3n) is 3.38. The van der Waals surface area contributed by atoms with Crippen LogP contribution in [0.4, 0.5) is 5.82 Å². The average molecular weight is 317 g/mol. The van der Waals surface area contributed by atoms with Crippen molar-refractivity contribution in [2.45, 2.75) is 25.3 Å². The number of aromatic nitrogens is 2. The average Bonchev–Trinajstić information content (AvgIpc) is 2.82. The van der Waals surface area contributed by atoms with Crippen LogP contribution in [0.1, 0.15) is 19.3 Å². The maximum absolute atomic E-state index is 11.3. The molecule has 2 unspecified atom stereocenters. The van der Waals surface area contributed by atoms with E-state index in [2.05, 4.69) is 15.3 Å². The van der Waals surface area contributed by atoms with Gasteiger partial charge in [-0.15, -0.1) is 0 Å². The Balaban J connectivity index is 1.76. The van der Waals surface area contributed by atoms with Gasteiger partial charge in [-0.25, -0.2) is 4.98 Å². The van der Waals surface area contributed by atoms with Crippen LogP contribution in [0, 0.1) is 15.4 Å². The molecular formula is C10H12IN3O. The second kappa shape index (κ2) is 3.47. The van der Waals surface area contributed by atoms with Gasteiger partial charge in [-0.05, 0) is 53.7 Å². The molecule has 5 heteroatoms. The van der Waals surface area contributed by atoms with Crippen molar-refractivity contribution in [2.75, 3.05) is 5.32 Å². The maximum atomic E-state index is 11.3. The number of fused-ring (bicyclic) bond motifs is 1. The normalized spacial score (nSPS) is 32.5. The molecular weight excluding hydrogens is 305 g/mol. The predicted molar refractivity (Wildman–Crippen MR) is 65.8 cm³/mol. The minimum absolute atomic E-state index is 0.0590. The monoisotopic (exact) mass is 317 g/mol. The molecule has 15 heavy (non-hydrogen) atoms. The lowest BCUT2D eigenvalue weighted by Gasteiger charge is -2.15. The summed E-state index contributed by atoms with van der Waals surface area (Å²) in [4.78, 5) is 18.1. The van der Waals surface area contributed by atoms with Gasteiger partial charge in [-0.1, -0.05) is 0 Å². The Bertz CT molecular complexity index is 435. The highest BCUT2D eigenvalue weighted by Crippen LogP contribution is 2.52. The third-order valence-corrected chi connectivity index (χ3v) is 4.38. The molecule has 0 amide bonds. The third kappa shape index (κ3) is 1.77. The van der Waals surface area contributed by atoms with E-state index in [4.69, 9.17) is 0 Å². The van der Waals surface area contributed by atoms with Crippen LogP contribution in [0.3, 0.4) is 0 Å². The summed E-state index contributed by atoms with van der Waals surface area (Å²) in [7, 11) is 0. The molecule has 2 saturated carbocycles. The number of hydrogen-bond donors (Lipinski definition) is 2. The summed E-state index contributed by atoms with van der Waals surface area (Å²) >= 11 is 2.04. The number of hydrogen-bond acceptors (Lipinski definition) is 3. The lowest BCUT2D eigenvalue weighted by molar-refractivity contribution is 0.648. The van der Waals surface area contributed by atoms with Crippen LogP contribution in [-0.2, 0) is 0 Å². The van der Waals surface area contributed by atoms with Crippen LogP contribution in [0.25, 0.3) is 0 Å². The molecule has 1 aromatic heterocycles. The van der Waals surface area contributed by atoms with E-state index in [-0.39, 0.29) is 5.56 Å². The molecule has 0 bridgehead atoms. The van der Waals surface area contributed by atoms with E-state index >= 15 is 0 Å². The minimum atomic E-state index is -0.0590. The molecule has 2 aliphatic rings. The van der Waals surface area contributed by atoms with Crippen molar-refractivity contribution < 1.29 is 0 Å². The van der Waals surface area contributed by atoms with Crippen molar-refractivity contribution >= 4 is 28.4 Å². The molecule has 0 aromatic carbocycles. The zero-order valence-corrected chi connectivity index (χ0v) is 10.3. The van der Waals surface area contributed by atoms with Crippen molar-refractivity contribution in [3.8, 4) is 0 Å². The zero-order chi connectivity index (χ0) is 10.4. The molecule has 2 N–H and O–H groups in total. The van der Waals surface area contributed by atoms with Crippen LogP contribution in [0.15, 0.2) is 11.1 Å². The van der Waals surface area contributed by atoms with Gasteiger partial charge in [0, 0.05) is 6.04 Å². The predicted octanol–water partition coefficient (Wildman–Crippen LogP) is 1.58. The van der Waals surface area contributed by atoms with E-state index in [1.165, 1.54) is 25.6 Å². The molecule has 2 atom stereocenters. The number of nitrogens with one attached hydrogen (secondary N) is 2. The smallest absolute Gasteiger partial charge is 0.266 e. The van der Waals surface area contributed by atoms with Crippen LogP contribution in [0.5, 0.6) is 0 Å². The number of aromatic amines is 1. The summed E-state index contributed by atoms with van der Waals surface area (Å²) in [6, 6.07) is 0.525. The number of rotatable bonds is 2. The Kier molecular flexibility index (Phi) is 2.22. The first-order chi connectivity index (χ1) is 7.24. The fraction of sp³-hybridized carbons (Fsp3) is 0.600. The van der Waals surface area contributed by atoms with E-state index in [1.54, 1.807) is 0 Å². The van der Waals surface area contributed by atoms with Gasteiger partial charge in [0.25, 0.3) is 5.56 Å². The van der Waals surface area contributed by atoms with Crippen LogP contribution >= 0.6 is 22.6 Å². The molecule has 1 heterocycles. The lowest BCUT2D eigenvalue weighted by Crippen LogP contribution is -2.22. The molecule has 0 radical (unpaired) electrons. The highest BCUT2D eigenvalue weighted by molar-refractivity contribution is 14.1. The van der Waals surface area contributed by atoms with Crippen molar-refractivity contribution in [1.29, 1.82) is 0 Å². The Morgan fingerprint density at radius 2 is 2.13 bits per heavy atom. The Morgan fingerprint density at radius 1 is 1.40 bits per heavy atom. The van der Waals surface area contributed by atoms with Crippen LogP contribution < -0.4 is 10.9 Å². The summed E-state index contributed by atoms with van der Waals surface area (Å²) in [5.41, 5.74) is -0.0590. The van der Waals surface area contributed by atoms with E-state index in [9.17, 15) is 4.79 Å². The molecule has 4 nitrogen and oxygen atoms in total. The summed E-state index contributed by atoms with van der Waals surface area (Å²) in [5, 5.41) is 3.37. The van der Waals surface area contributed by atoms with Gasteiger partial charge < -0.3 is 10.3 Å². The SMILES string of the molecule is O=c1[nH]cnc(NC2CC3CC3C2)c1I. The van der Waals surface area contributed by atoms with Gasteiger partial charge in [-0.2, -0.15) is 0 Å². The van der Waals surface area contributed by atoms with Crippen LogP contribution in [0.2, 0.25) is 0 Å². The van der Waals surface area contributed by atoms with Gasteiger partial charge in [0.2, 0.25) is 0 Å². The van der Waals surface area contributed by atoms with Crippen LogP contribution in [-0.4, -0.2) is 16.0 Å². The Morgan fingerprint density at radius 3 is 2.87 bits per heavy atom. The van der Waals surface area contributed by atoms with E-state index < -0.39 is 0 Å². The van der Waals surface area contributed by atoms with Gasteiger partial charge in [0.15, 0.2) is 0 Å². The van der Waals surface area contributed by atoms with Crippen molar-refractivity contribution in [1.82, 2.24) is 9.97 Å². The fourth-order valence-electron chi connectivity index (χ4n) is 2.51. The second-order valence-corrected chi connectivity index (χ2v) is 5.54. The molecule has 0 aliphatic heterocycles. The first-order valence-electron chi connectivity index (χ1n) is 5.24. The minimum Gasteiger partial charge on any atom is -0.366 e. The topological polar surface area (TPSA) is 57.8 Å². The van der Waals surface area contributed by atoms with E-state index in [1.807, 2.05) is 22.6 Å². The van der Waals surface area contributed by atoms with Gasteiger partial charge in [0.1, 0.15) is 9.39 Å². The number of nitrogens with zero attached hydrogens (tertiary/aromatic N) is 1. The lowest BCUT2D eigenvalue weighted by atomic mass is 10.1. The Labute approximate surface area is 101 Å². The maximum Gasteiger partial charge on any atom is 0.266 e. The van der Waals surface area contributed by atoms with E-state index in [0.29, 0.717) is 9.61 Å². The zero-order valence-electron chi connectivity index (χ0n) is 8.16. The van der Waals surface area contributed by atoms with Gasteiger partial charge >= 0.3 is 0 Å². The van der Waals surface area contributed by atoms with Crippen molar-refractivity contribution in [2.24, 2.45) is 11.8 Å². The molecule has 2 aliphatic carbocycles. The standard InChI is InChI=1S/C10H12IN3O/c11-8-9(12-4-13-10(8)15)14-7-2-5-1-6(5)3-7/h4-7H,1-3H2,(H2,12,13,14,15). The van der Waals surface area contributed by atoms with E-state index in [0.717, 1.165) is 17.7 Å². The number of halogens is 1. The number of anilines is 1. The second-order valence-electron chi connectivity index (χ2n) is 4.46. The van der Waals surface area contributed by atoms with Crippen molar-refractivity contribution in [3.63, 3.8) is 0 Å². The summed E-state index contributed by atoms with van der Waals surface area (Å²) in [5.74, 6) is 2.63. The molecule has 80 valence electrons. The first-order valence-corrected chi connectivity index (χ1v) is 6.31. The van der Waals surface area contributed by atoms with Gasteiger partial charge in [0.05, 0.1) is 6.33 Å². The quantitative estimate of drug-likeness (QED) is 0.815. The highest BCUT2D eigenvalue weighted by atomic mass is 127. The van der Waals surface area contributed by atoms with Gasteiger partial charge in [-0.3, -0.25) is 4.79 Å². The Hall–Kier alpha value is -0.590. The summed E-state index contributed by atoms with van der Waals surface area (Å²) in [6.07, 6.45) is 5.37. The highest BCUT2D eigenvalue weighted by Gasteiger charge is 2.45.